The molecule has 0 spiro atoms. The molecule has 2 aliphatic rings. The third kappa shape index (κ3) is 2.97. The van der Waals surface area contributed by atoms with Gasteiger partial charge in [0, 0.05) is 10.9 Å². The highest BCUT2D eigenvalue weighted by molar-refractivity contribution is 7.10. The molecular weight excluding hydrogens is 238 g/mol. The third-order valence-electron chi connectivity index (χ3n) is 4.83. The third-order valence-corrected chi connectivity index (χ3v) is 5.84. The predicted molar refractivity (Wildman–Crippen MR) is 79.2 cm³/mol. The van der Waals surface area contributed by atoms with E-state index in [1.54, 1.807) is 4.88 Å². The minimum atomic E-state index is 0.829. The van der Waals surface area contributed by atoms with Crippen LogP contribution in [0, 0.1) is 11.8 Å². The van der Waals surface area contributed by atoms with E-state index in [4.69, 9.17) is 0 Å². The van der Waals surface area contributed by atoms with Crippen molar-refractivity contribution in [3.05, 3.63) is 22.4 Å². The van der Waals surface area contributed by atoms with Crippen molar-refractivity contribution >= 4 is 11.3 Å². The Labute approximate surface area is 115 Å². The lowest BCUT2D eigenvalue weighted by molar-refractivity contribution is 0.227. The van der Waals surface area contributed by atoms with Crippen molar-refractivity contribution in [1.82, 2.24) is 5.32 Å². The second-order valence-electron chi connectivity index (χ2n) is 6.15. The van der Waals surface area contributed by atoms with Crippen molar-refractivity contribution < 1.29 is 0 Å². The highest BCUT2D eigenvalue weighted by atomic mass is 32.1. The van der Waals surface area contributed by atoms with E-state index in [0.29, 0.717) is 0 Å². The topological polar surface area (TPSA) is 12.0 Å². The first-order valence-electron chi connectivity index (χ1n) is 7.63. The summed E-state index contributed by atoms with van der Waals surface area (Å²) in [6.07, 6.45) is 8.50. The number of rotatable bonds is 5. The summed E-state index contributed by atoms with van der Waals surface area (Å²) in [6, 6.07) is 5.44. The molecule has 0 bridgehead atoms. The first kappa shape index (κ1) is 12.7. The fourth-order valence-electron chi connectivity index (χ4n) is 3.39. The minimum absolute atomic E-state index is 0.829. The average Bonchev–Trinajstić information content (AvgIpc) is 3.08. The molecule has 100 valence electrons. The first-order chi connectivity index (χ1) is 8.86. The van der Waals surface area contributed by atoms with Gasteiger partial charge in [-0.05, 0) is 61.4 Å². The molecule has 2 aliphatic carbocycles. The molecule has 1 aromatic heterocycles. The second-order valence-corrected chi connectivity index (χ2v) is 7.13. The van der Waals surface area contributed by atoms with Crippen LogP contribution in [-0.2, 0) is 0 Å². The Morgan fingerprint density at radius 3 is 2.83 bits per heavy atom. The van der Waals surface area contributed by atoms with Crippen molar-refractivity contribution in [2.45, 2.75) is 57.4 Å². The lowest BCUT2D eigenvalue weighted by Gasteiger charge is -2.35. The van der Waals surface area contributed by atoms with Gasteiger partial charge >= 0.3 is 0 Å². The van der Waals surface area contributed by atoms with Crippen LogP contribution in [0.4, 0.5) is 0 Å². The van der Waals surface area contributed by atoms with Crippen LogP contribution >= 0.6 is 11.3 Å². The number of hydrogen-bond donors (Lipinski definition) is 1. The highest BCUT2D eigenvalue weighted by Gasteiger charge is 2.32. The van der Waals surface area contributed by atoms with Crippen LogP contribution in [0.2, 0.25) is 0 Å². The Bertz CT molecular complexity index is 355. The summed E-state index contributed by atoms with van der Waals surface area (Å²) in [7, 11) is 0. The van der Waals surface area contributed by atoms with E-state index in [0.717, 1.165) is 23.8 Å². The molecule has 18 heavy (non-hydrogen) atoms. The van der Waals surface area contributed by atoms with E-state index in [1.165, 1.54) is 45.1 Å². The van der Waals surface area contributed by atoms with Gasteiger partial charge in [0.2, 0.25) is 0 Å². The molecule has 1 heterocycles. The van der Waals surface area contributed by atoms with Gasteiger partial charge in [-0.25, -0.2) is 0 Å². The quantitative estimate of drug-likeness (QED) is 0.829. The van der Waals surface area contributed by atoms with Gasteiger partial charge in [0.15, 0.2) is 0 Å². The van der Waals surface area contributed by atoms with E-state index in [1.807, 2.05) is 11.3 Å². The summed E-state index contributed by atoms with van der Waals surface area (Å²) in [5.41, 5.74) is 0. The lowest BCUT2D eigenvalue weighted by atomic mass is 9.72. The summed E-state index contributed by atoms with van der Waals surface area (Å²) in [5.74, 6) is 2.68. The maximum Gasteiger partial charge on any atom is 0.00795 e. The van der Waals surface area contributed by atoms with E-state index in [-0.39, 0.29) is 0 Å². The highest BCUT2D eigenvalue weighted by Crippen LogP contribution is 2.43. The fourth-order valence-corrected chi connectivity index (χ4v) is 4.33. The average molecular weight is 263 g/mol. The molecule has 0 aromatic carbocycles. The van der Waals surface area contributed by atoms with Gasteiger partial charge in [-0.1, -0.05) is 25.8 Å². The zero-order valence-corrected chi connectivity index (χ0v) is 12.2. The molecule has 0 aliphatic heterocycles. The lowest BCUT2D eigenvalue weighted by Crippen LogP contribution is -2.32. The number of hydrogen-bond acceptors (Lipinski definition) is 2. The first-order valence-corrected chi connectivity index (χ1v) is 8.51. The zero-order chi connectivity index (χ0) is 12.4. The summed E-state index contributed by atoms with van der Waals surface area (Å²) in [5, 5.41) is 6.00. The molecule has 1 aromatic rings. The van der Waals surface area contributed by atoms with Crippen LogP contribution in [0.5, 0.6) is 0 Å². The van der Waals surface area contributed by atoms with Gasteiger partial charge in [-0.3, -0.25) is 0 Å². The van der Waals surface area contributed by atoms with E-state index >= 15 is 0 Å². The van der Waals surface area contributed by atoms with Crippen molar-refractivity contribution in [2.24, 2.45) is 11.8 Å². The molecule has 1 nitrogen and oxygen atoms in total. The fraction of sp³-hybridized carbons (Fsp3) is 0.750. The summed E-state index contributed by atoms with van der Waals surface area (Å²) in [6.45, 7) is 3.61. The SMILES string of the molecule is CCC1CCC(CNC2CC2)C(c2cccs2)C1. The maximum atomic E-state index is 3.76. The van der Waals surface area contributed by atoms with Crippen molar-refractivity contribution in [3.63, 3.8) is 0 Å². The van der Waals surface area contributed by atoms with Gasteiger partial charge in [-0.15, -0.1) is 11.3 Å². The van der Waals surface area contributed by atoms with Crippen LogP contribution < -0.4 is 5.32 Å². The molecule has 2 heteroatoms. The molecule has 2 fully saturated rings. The Kier molecular flexibility index (Phi) is 4.05. The van der Waals surface area contributed by atoms with Crippen molar-refractivity contribution in [3.8, 4) is 0 Å². The van der Waals surface area contributed by atoms with E-state index in [2.05, 4.69) is 29.8 Å². The molecule has 0 amide bonds. The van der Waals surface area contributed by atoms with Crippen LogP contribution in [0.1, 0.15) is 56.2 Å². The number of thiophene rings is 1. The standard InChI is InChI=1S/C16H25NS/c1-2-12-5-6-13(11-17-14-7-8-14)15(10-12)16-4-3-9-18-16/h3-4,9,12-15,17H,2,5-8,10-11H2,1H3. The second kappa shape index (κ2) is 5.75. The van der Waals surface area contributed by atoms with E-state index < -0.39 is 0 Å². The van der Waals surface area contributed by atoms with Crippen molar-refractivity contribution in [2.75, 3.05) is 6.54 Å². The Morgan fingerprint density at radius 2 is 2.17 bits per heavy atom. The zero-order valence-electron chi connectivity index (χ0n) is 11.4. The summed E-state index contributed by atoms with van der Waals surface area (Å²) < 4.78 is 0. The minimum Gasteiger partial charge on any atom is -0.314 e. The molecule has 1 N–H and O–H groups in total. The van der Waals surface area contributed by atoms with Crippen LogP contribution in [-0.4, -0.2) is 12.6 Å². The van der Waals surface area contributed by atoms with E-state index in [9.17, 15) is 0 Å². The molecule has 2 saturated carbocycles. The van der Waals surface area contributed by atoms with Crippen LogP contribution in [0.25, 0.3) is 0 Å². The molecule has 3 atom stereocenters. The van der Waals surface area contributed by atoms with Gasteiger partial charge in [-0.2, -0.15) is 0 Å². The molecule has 3 rings (SSSR count). The van der Waals surface area contributed by atoms with Crippen molar-refractivity contribution in [1.29, 1.82) is 0 Å². The van der Waals surface area contributed by atoms with Gasteiger partial charge in [0.25, 0.3) is 0 Å². The molecular formula is C16H25NS. The molecule has 0 saturated heterocycles. The summed E-state index contributed by atoms with van der Waals surface area (Å²) in [4.78, 5) is 1.63. The summed E-state index contributed by atoms with van der Waals surface area (Å²) >= 11 is 1.97. The predicted octanol–water partition coefficient (Wildman–Crippen LogP) is 4.41. The largest absolute Gasteiger partial charge is 0.314 e. The van der Waals surface area contributed by atoms with Gasteiger partial charge in [0.05, 0.1) is 0 Å². The monoisotopic (exact) mass is 263 g/mol. The Balaban J connectivity index is 1.65. The van der Waals surface area contributed by atoms with Gasteiger partial charge in [0.1, 0.15) is 0 Å². The Hall–Kier alpha value is -0.340. The van der Waals surface area contributed by atoms with Gasteiger partial charge < -0.3 is 5.32 Å². The van der Waals surface area contributed by atoms with Crippen LogP contribution in [0.15, 0.2) is 17.5 Å². The molecule has 3 unspecified atom stereocenters. The Morgan fingerprint density at radius 1 is 1.28 bits per heavy atom. The smallest absolute Gasteiger partial charge is 0.00795 e. The van der Waals surface area contributed by atoms with Crippen LogP contribution in [0.3, 0.4) is 0 Å². The molecule has 0 radical (unpaired) electrons. The normalized spacial score (nSPS) is 32.6. The maximum absolute atomic E-state index is 3.76. The number of nitrogens with one attached hydrogen (secondary N) is 1.